The van der Waals surface area contributed by atoms with Crippen LogP contribution in [0.2, 0.25) is 0 Å². The Hall–Kier alpha value is -6.45. The van der Waals surface area contributed by atoms with Crippen molar-refractivity contribution in [3.63, 3.8) is 0 Å². The Morgan fingerprint density at radius 3 is 1.94 bits per heavy atom. The van der Waals surface area contributed by atoms with Gasteiger partial charge < -0.3 is 20.7 Å². The lowest BCUT2D eigenvalue weighted by Crippen LogP contribution is -2.30. The molecule has 6 aromatic rings. The maximum Gasteiger partial charge on any atom is 0.272 e. The minimum absolute atomic E-state index is 0.0668. The number of hydrogen-bond donors (Lipinski definition) is 3. The number of pyridine rings is 1. The van der Waals surface area contributed by atoms with Gasteiger partial charge in [0.2, 0.25) is 5.91 Å². The lowest BCUT2D eigenvalue weighted by molar-refractivity contribution is -0.116. The van der Waals surface area contributed by atoms with E-state index >= 15 is 0 Å². The van der Waals surface area contributed by atoms with Crippen molar-refractivity contribution in [2.75, 3.05) is 10.6 Å². The van der Waals surface area contributed by atoms with Crippen molar-refractivity contribution in [2.24, 2.45) is 0 Å². The van der Waals surface area contributed by atoms with Gasteiger partial charge in [-0.05, 0) is 83.4 Å². The first-order valence-corrected chi connectivity index (χ1v) is 17.1. The van der Waals surface area contributed by atoms with Gasteiger partial charge in [0.1, 0.15) is 23.3 Å². The number of carbonyl (C=O) groups excluding carboxylic acids is 3. The molecule has 252 valence electrons. The van der Waals surface area contributed by atoms with Crippen molar-refractivity contribution in [2.45, 2.75) is 16.8 Å². The van der Waals surface area contributed by atoms with Gasteiger partial charge >= 0.3 is 0 Å². The van der Waals surface area contributed by atoms with E-state index in [0.717, 1.165) is 16.0 Å². The van der Waals surface area contributed by atoms with Gasteiger partial charge in [-0.25, -0.2) is 0 Å². The van der Waals surface area contributed by atoms with E-state index in [1.165, 1.54) is 11.8 Å². The number of benzene rings is 5. The van der Waals surface area contributed by atoms with E-state index in [9.17, 15) is 14.4 Å². The van der Waals surface area contributed by atoms with Crippen molar-refractivity contribution < 1.29 is 19.1 Å². The fraction of sp³-hybridized carbons (Fsp3) is 0.0476. The third-order valence-electron chi connectivity index (χ3n) is 7.62. The molecule has 0 saturated carbocycles. The topological polar surface area (TPSA) is 109 Å². The van der Waals surface area contributed by atoms with E-state index in [2.05, 4.69) is 20.9 Å². The van der Waals surface area contributed by atoms with Crippen LogP contribution in [0.25, 0.3) is 6.08 Å². The van der Waals surface area contributed by atoms with Crippen LogP contribution >= 0.6 is 11.8 Å². The molecule has 0 radical (unpaired) electrons. The van der Waals surface area contributed by atoms with Gasteiger partial charge in [-0.2, -0.15) is 0 Å². The Bertz CT molecular complexity index is 2080. The van der Waals surface area contributed by atoms with Crippen LogP contribution in [0.3, 0.4) is 0 Å². The van der Waals surface area contributed by atoms with Crippen LogP contribution in [0.4, 0.5) is 11.4 Å². The number of hydrogen-bond acceptors (Lipinski definition) is 6. The third kappa shape index (κ3) is 10.0. The minimum Gasteiger partial charge on any atom is -0.489 e. The van der Waals surface area contributed by atoms with Crippen LogP contribution in [-0.4, -0.2) is 22.7 Å². The molecule has 0 aliphatic heterocycles. The molecule has 0 spiro atoms. The summed E-state index contributed by atoms with van der Waals surface area (Å²) in [6.45, 7) is 0.430. The van der Waals surface area contributed by atoms with Gasteiger partial charge in [0.15, 0.2) is 0 Å². The molecule has 3 N–H and O–H groups in total. The molecule has 1 atom stereocenters. The number of carbonyl (C=O) groups is 3. The average Bonchev–Trinajstić information content (AvgIpc) is 3.18. The zero-order chi connectivity index (χ0) is 35.3. The number of aromatic nitrogens is 1. The molecule has 0 bridgehead atoms. The van der Waals surface area contributed by atoms with Crippen LogP contribution in [0.1, 0.15) is 32.3 Å². The highest BCUT2D eigenvalue weighted by Crippen LogP contribution is 2.36. The normalized spacial score (nSPS) is 11.6. The second-order valence-corrected chi connectivity index (χ2v) is 12.5. The van der Waals surface area contributed by atoms with Crippen molar-refractivity contribution in [3.05, 3.63) is 192 Å². The summed E-state index contributed by atoms with van der Waals surface area (Å²) in [7, 11) is 0. The number of nitrogens with zero attached hydrogens (tertiary/aromatic N) is 1. The molecular formula is C42H34N4O4S. The highest BCUT2D eigenvalue weighted by molar-refractivity contribution is 8.00. The maximum atomic E-state index is 13.6. The van der Waals surface area contributed by atoms with Crippen LogP contribution in [0.5, 0.6) is 5.75 Å². The Morgan fingerprint density at radius 1 is 0.667 bits per heavy atom. The predicted molar refractivity (Wildman–Crippen MR) is 202 cm³/mol. The van der Waals surface area contributed by atoms with E-state index in [4.69, 9.17) is 4.74 Å². The summed E-state index contributed by atoms with van der Waals surface area (Å²) in [6.07, 6.45) is 4.87. The van der Waals surface area contributed by atoms with Crippen molar-refractivity contribution in [1.82, 2.24) is 10.3 Å². The average molecular weight is 691 g/mol. The number of rotatable bonds is 13. The molecule has 1 heterocycles. The highest BCUT2D eigenvalue weighted by atomic mass is 32.2. The number of anilines is 2. The summed E-state index contributed by atoms with van der Waals surface area (Å²) < 4.78 is 5.90. The molecule has 5 aromatic carbocycles. The Kier molecular flexibility index (Phi) is 11.7. The molecule has 0 aliphatic carbocycles. The van der Waals surface area contributed by atoms with E-state index in [0.29, 0.717) is 34.9 Å². The Balaban J connectivity index is 1.16. The van der Waals surface area contributed by atoms with Gasteiger partial charge in [0.05, 0.1) is 0 Å². The molecule has 0 aliphatic rings. The second kappa shape index (κ2) is 17.3. The molecule has 3 amide bonds. The molecule has 1 aromatic heterocycles. The number of nitrogens with one attached hydrogen (secondary N) is 3. The van der Waals surface area contributed by atoms with Crippen LogP contribution in [0.15, 0.2) is 175 Å². The highest BCUT2D eigenvalue weighted by Gasteiger charge is 2.22. The van der Waals surface area contributed by atoms with Crippen molar-refractivity contribution in [1.29, 1.82) is 0 Å². The Labute approximate surface area is 300 Å². The summed E-state index contributed by atoms with van der Waals surface area (Å²) in [5, 5.41) is 8.11. The molecule has 6 rings (SSSR count). The van der Waals surface area contributed by atoms with Gasteiger partial charge in [0.25, 0.3) is 11.8 Å². The largest absolute Gasteiger partial charge is 0.489 e. The summed E-state index contributed by atoms with van der Waals surface area (Å²) in [5.41, 5.74) is 4.27. The molecule has 9 heteroatoms. The monoisotopic (exact) mass is 690 g/mol. The molecule has 0 fully saturated rings. The van der Waals surface area contributed by atoms with E-state index in [1.807, 2.05) is 103 Å². The SMILES string of the molecule is O=C(Nc1ccc(SC(C(=O)Nc2ccncc2)c2ccccc2)cc1)/C(=C/c1ccc(OCc2ccccc2)cc1)NC(=O)c1ccccc1. The summed E-state index contributed by atoms with van der Waals surface area (Å²) in [4.78, 5) is 45.0. The van der Waals surface area contributed by atoms with E-state index < -0.39 is 17.1 Å². The van der Waals surface area contributed by atoms with E-state index in [-0.39, 0.29) is 11.6 Å². The first-order valence-electron chi connectivity index (χ1n) is 16.2. The zero-order valence-corrected chi connectivity index (χ0v) is 28.3. The lowest BCUT2D eigenvalue weighted by Gasteiger charge is -2.17. The standard InChI is InChI=1S/C42H34N4O4S/c47-40(33-14-8-3-9-15-33)46-38(28-30-16-20-36(21-17-30)50-29-31-10-4-1-5-11-31)41(48)44-34-18-22-37(23-19-34)51-39(32-12-6-2-7-13-32)42(49)45-35-24-26-43-27-25-35/h1-28,39H,29H2,(H,44,48)(H,46,47)(H,43,45,49)/b38-28-. The molecule has 1 unspecified atom stereocenters. The number of amides is 3. The van der Waals surface area contributed by atoms with Gasteiger partial charge in [0, 0.05) is 34.2 Å². The van der Waals surface area contributed by atoms with Gasteiger partial charge in [-0.1, -0.05) is 91.0 Å². The Morgan fingerprint density at radius 2 is 1.27 bits per heavy atom. The zero-order valence-electron chi connectivity index (χ0n) is 27.4. The molecular weight excluding hydrogens is 657 g/mol. The first kappa shape index (κ1) is 34.4. The van der Waals surface area contributed by atoms with Crippen LogP contribution < -0.4 is 20.7 Å². The van der Waals surface area contributed by atoms with Crippen LogP contribution in [0, 0.1) is 0 Å². The number of ether oxygens (including phenoxy) is 1. The number of thioether (sulfide) groups is 1. The van der Waals surface area contributed by atoms with Crippen molar-refractivity contribution >= 4 is 46.9 Å². The smallest absolute Gasteiger partial charge is 0.272 e. The molecule has 0 saturated heterocycles. The third-order valence-corrected chi connectivity index (χ3v) is 8.89. The quantitative estimate of drug-likeness (QED) is 0.0828. The maximum absolute atomic E-state index is 13.6. The fourth-order valence-corrected chi connectivity index (χ4v) is 6.03. The fourth-order valence-electron chi connectivity index (χ4n) is 5.01. The lowest BCUT2D eigenvalue weighted by atomic mass is 10.1. The summed E-state index contributed by atoms with van der Waals surface area (Å²) in [5.74, 6) is -0.404. The first-order chi connectivity index (χ1) is 25.0. The molecule has 51 heavy (non-hydrogen) atoms. The van der Waals surface area contributed by atoms with Crippen molar-refractivity contribution in [3.8, 4) is 5.75 Å². The van der Waals surface area contributed by atoms with E-state index in [1.54, 1.807) is 67.0 Å². The second-order valence-electron chi connectivity index (χ2n) is 11.3. The summed E-state index contributed by atoms with van der Waals surface area (Å²) >= 11 is 1.40. The summed E-state index contributed by atoms with van der Waals surface area (Å²) in [6, 6.07) is 46.1. The molecule has 8 nitrogen and oxygen atoms in total. The van der Waals surface area contributed by atoms with Gasteiger partial charge in [-0.3, -0.25) is 19.4 Å². The van der Waals surface area contributed by atoms with Gasteiger partial charge in [-0.15, -0.1) is 11.8 Å². The predicted octanol–water partition coefficient (Wildman–Crippen LogP) is 8.54. The minimum atomic E-state index is -0.530. The van der Waals surface area contributed by atoms with Crippen LogP contribution in [-0.2, 0) is 16.2 Å².